The van der Waals surface area contributed by atoms with Crippen LogP contribution < -0.4 is 0 Å². The number of nitrogens with zero attached hydrogens (tertiary/aromatic N) is 1. The highest BCUT2D eigenvalue weighted by Gasteiger charge is 2.28. The Bertz CT molecular complexity index is 1070. The minimum Gasteiger partial charge on any atom is -0.401 e. The second-order valence-corrected chi connectivity index (χ2v) is 7.98. The molecule has 25 heavy (non-hydrogen) atoms. The van der Waals surface area contributed by atoms with E-state index in [1.165, 1.54) is 11.3 Å². The molecule has 1 aliphatic heterocycles. The summed E-state index contributed by atoms with van der Waals surface area (Å²) in [6, 6.07) is 13.7. The number of esters is 1. The molecular weight excluding hydrogens is 422 g/mol. The Kier molecular flexibility index (Phi) is 4.23. The predicted molar refractivity (Wildman–Crippen MR) is 106 cm³/mol. The lowest BCUT2D eigenvalue weighted by Gasteiger charge is -1.96. The summed E-state index contributed by atoms with van der Waals surface area (Å²) in [5, 5.41) is 1.47. The molecule has 3 nitrogen and oxygen atoms in total. The first-order valence-electron chi connectivity index (χ1n) is 7.48. The molecule has 0 atom stereocenters. The van der Waals surface area contributed by atoms with E-state index < -0.39 is 5.97 Å². The summed E-state index contributed by atoms with van der Waals surface area (Å²) in [5.41, 5.74) is 2.33. The van der Waals surface area contributed by atoms with Crippen LogP contribution in [0.5, 0.6) is 0 Å². The van der Waals surface area contributed by atoms with Crippen molar-refractivity contribution >= 4 is 66.9 Å². The molecule has 0 fully saturated rings. The van der Waals surface area contributed by atoms with Crippen LogP contribution in [-0.4, -0.2) is 11.9 Å². The molecule has 0 bridgehead atoms. The van der Waals surface area contributed by atoms with Crippen LogP contribution in [-0.2, 0) is 9.53 Å². The maximum absolute atomic E-state index is 12.2. The second kappa shape index (κ2) is 6.41. The maximum atomic E-state index is 12.2. The summed E-state index contributed by atoms with van der Waals surface area (Å²) in [6.07, 6.45) is 1.71. The smallest absolute Gasteiger partial charge is 0.363 e. The highest BCUT2D eigenvalue weighted by atomic mass is 79.9. The summed E-state index contributed by atoms with van der Waals surface area (Å²) >= 11 is 11.4. The van der Waals surface area contributed by atoms with Gasteiger partial charge in [-0.2, -0.15) is 0 Å². The molecule has 4 rings (SSSR count). The number of carbonyl (C=O) groups excluding carboxylic acids is 1. The molecule has 1 aromatic heterocycles. The molecule has 0 spiro atoms. The molecule has 1 aliphatic rings. The number of thiophene rings is 1. The average Bonchev–Trinajstić information content (AvgIpc) is 3.10. The van der Waals surface area contributed by atoms with E-state index >= 15 is 0 Å². The van der Waals surface area contributed by atoms with E-state index in [2.05, 4.69) is 20.9 Å². The third-order valence-corrected chi connectivity index (χ3v) is 5.93. The largest absolute Gasteiger partial charge is 0.401 e. The molecule has 0 N–H and O–H groups in total. The topological polar surface area (TPSA) is 38.7 Å². The zero-order valence-corrected chi connectivity index (χ0v) is 16.2. The van der Waals surface area contributed by atoms with Crippen molar-refractivity contribution in [3.8, 4) is 0 Å². The molecule has 6 heteroatoms. The van der Waals surface area contributed by atoms with Crippen LogP contribution in [0.2, 0.25) is 5.02 Å². The lowest BCUT2D eigenvalue weighted by molar-refractivity contribution is -0.129. The Labute approximate surface area is 161 Å². The number of hydrogen-bond donors (Lipinski definition) is 0. The summed E-state index contributed by atoms with van der Waals surface area (Å²) in [6.45, 7) is 2.01. The summed E-state index contributed by atoms with van der Waals surface area (Å²) in [5.74, 6) is -0.212. The van der Waals surface area contributed by atoms with Crippen molar-refractivity contribution in [2.24, 2.45) is 4.99 Å². The van der Waals surface area contributed by atoms with Crippen LogP contribution in [0.4, 0.5) is 0 Å². The Morgan fingerprint density at radius 3 is 2.72 bits per heavy atom. The van der Waals surface area contributed by atoms with E-state index in [0.29, 0.717) is 9.90 Å². The molecule has 0 unspecified atom stereocenters. The van der Waals surface area contributed by atoms with Crippen LogP contribution in [0.1, 0.15) is 16.0 Å². The quantitative estimate of drug-likeness (QED) is 0.369. The van der Waals surface area contributed by atoms with Gasteiger partial charge in [0.2, 0.25) is 5.90 Å². The lowest BCUT2D eigenvalue weighted by Crippen LogP contribution is -2.04. The number of rotatable bonds is 2. The lowest BCUT2D eigenvalue weighted by atomic mass is 10.1. The number of aryl methyl sites for hydroxylation is 1. The fraction of sp³-hybridized carbons (Fsp3) is 0.0526. The molecule has 3 aromatic rings. The van der Waals surface area contributed by atoms with Crippen molar-refractivity contribution in [3.05, 3.63) is 73.7 Å². The first kappa shape index (κ1) is 16.5. The number of benzene rings is 2. The van der Waals surface area contributed by atoms with Crippen LogP contribution in [0.25, 0.3) is 16.2 Å². The Morgan fingerprint density at radius 2 is 1.96 bits per heavy atom. The van der Waals surface area contributed by atoms with Gasteiger partial charge in [0.1, 0.15) is 4.88 Å². The van der Waals surface area contributed by atoms with Gasteiger partial charge in [-0.15, -0.1) is 11.3 Å². The normalized spacial score (nSPS) is 15.7. The average molecular weight is 433 g/mol. The van der Waals surface area contributed by atoms with E-state index in [0.717, 1.165) is 25.7 Å². The number of fused-ring (bicyclic) bond motifs is 1. The number of hydrogen-bond acceptors (Lipinski definition) is 4. The highest BCUT2D eigenvalue weighted by molar-refractivity contribution is 9.10. The van der Waals surface area contributed by atoms with Crippen molar-refractivity contribution in [2.45, 2.75) is 6.92 Å². The fourth-order valence-corrected chi connectivity index (χ4v) is 4.49. The third-order valence-electron chi connectivity index (χ3n) is 3.79. The van der Waals surface area contributed by atoms with Crippen LogP contribution in [0.3, 0.4) is 0 Å². The van der Waals surface area contributed by atoms with Gasteiger partial charge in [0.25, 0.3) is 0 Å². The van der Waals surface area contributed by atoms with Crippen LogP contribution in [0, 0.1) is 6.92 Å². The van der Waals surface area contributed by atoms with E-state index in [4.69, 9.17) is 16.3 Å². The van der Waals surface area contributed by atoms with Crippen molar-refractivity contribution < 1.29 is 9.53 Å². The minimum atomic E-state index is -0.467. The van der Waals surface area contributed by atoms with E-state index in [9.17, 15) is 4.79 Å². The minimum absolute atomic E-state index is 0.255. The number of carbonyl (C=O) groups is 1. The molecule has 124 valence electrons. The van der Waals surface area contributed by atoms with Gasteiger partial charge in [0, 0.05) is 14.6 Å². The van der Waals surface area contributed by atoms with E-state index in [1.807, 2.05) is 49.4 Å². The molecule has 0 aliphatic carbocycles. The monoisotopic (exact) mass is 431 g/mol. The standard InChI is InChI=1S/C19H11BrClNO2S/c1-10-2-4-11(5-3-10)8-14-19(23)24-18(22-14)17-16(21)13-7-6-12(20)9-15(13)25-17/h2-9H,1H3/b14-8+. The van der Waals surface area contributed by atoms with Gasteiger partial charge in [0.15, 0.2) is 5.70 Å². The van der Waals surface area contributed by atoms with Crippen molar-refractivity contribution in [1.82, 2.24) is 0 Å². The molecule has 2 heterocycles. The van der Waals surface area contributed by atoms with Gasteiger partial charge >= 0.3 is 5.97 Å². The van der Waals surface area contributed by atoms with Crippen molar-refractivity contribution in [3.63, 3.8) is 0 Å². The molecule has 0 amide bonds. The second-order valence-electron chi connectivity index (χ2n) is 5.63. The number of ether oxygens (including phenoxy) is 1. The number of cyclic esters (lactones) is 1. The Hall–Kier alpha value is -1.95. The first-order valence-corrected chi connectivity index (χ1v) is 9.47. The van der Waals surface area contributed by atoms with Crippen molar-refractivity contribution in [2.75, 3.05) is 0 Å². The van der Waals surface area contributed by atoms with Crippen LogP contribution in [0.15, 0.2) is 57.6 Å². The summed E-state index contributed by atoms with van der Waals surface area (Å²) in [7, 11) is 0. The molecular formula is C19H11BrClNO2S. The van der Waals surface area contributed by atoms with Gasteiger partial charge in [0.05, 0.1) is 5.02 Å². The number of aliphatic imine (C=N–C) groups is 1. The molecule has 0 saturated heterocycles. The van der Waals surface area contributed by atoms with E-state index in [1.54, 1.807) is 6.08 Å². The van der Waals surface area contributed by atoms with Crippen molar-refractivity contribution in [1.29, 1.82) is 0 Å². The third kappa shape index (κ3) is 3.15. The predicted octanol–water partition coefficient (Wildman–Crippen LogP) is 5.97. The summed E-state index contributed by atoms with van der Waals surface area (Å²) < 4.78 is 7.32. The Morgan fingerprint density at radius 1 is 1.20 bits per heavy atom. The van der Waals surface area contributed by atoms with Gasteiger partial charge in [-0.25, -0.2) is 9.79 Å². The first-order chi connectivity index (χ1) is 12.0. The SMILES string of the molecule is Cc1ccc(/C=C2/N=C(c3sc4cc(Br)ccc4c3Cl)OC2=O)cc1. The van der Waals surface area contributed by atoms with Gasteiger partial charge in [-0.1, -0.05) is 63.4 Å². The summed E-state index contributed by atoms with van der Waals surface area (Å²) in [4.78, 5) is 17.2. The van der Waals surface area contributed by atoms with Crippen LogP contribution >= 0.6 is 38.9 Å². The Balaban J connectivity index is 1.75. The fourth-order valence-electron chi connectivity index (χ4n) is 2.50. The van der Waals surface area contributed by atoms with Gasteiger partial charge < -0.3 is 4.74 Å². The molecule has 0 saturated carbocycles. The zero-order valence-electron chi connectivity index (χ0n) is 13.0. The number of halogens is 2. The molecule has 2 aromatic carbocycles. The van der Waals surface area contributed by atoms with Gasteiger partial charge in [-0.05, 0) is 30.7 Å². The van der Waals surface area contributed by atoms with E-state index in [-0.39, 0.29) is 11.6 Å². The highest BCUT2D eigenvalue weighted by Crippen LogP contribution is 2.38. The maximum Gasteiger partial charge on any atom is 0.363 e. The zero-order chi connectivity index (χ0) is 17.6. The molecule has 0 radical (unpaired) electrons. The van der Waals surface area contributed by atoms with Gasteiger partial charge in [-0.3, -0.25) is 0 Å².